The molecule has 42 heavy (non-hydrogen) atoms. The summed E-state index contributed by atoms with van der Waals surface area (Å²) in [6.07, 6.45) is 3.59. The van der Waals surface area contributed by atoms with Crippen molar-refractivity contribution in [2.75, 3.05) is 13.2 Å². The van der Waals surface area contributed by atoms with E-state index >= 15 is 0 Å². The molecule has 0 aliphatic carbocycles. The van der Waals surface area contributed by atoms with Crippen molar-refractivity contribution >= 4 is 45.2 Å². The smallest absolute Gasteiger partial charge is 0.338 e. The quantitative estimate of drug-likeness (QED) is 0.181. The maximum atomic E-state index is 14.0. The van der Waals surface area contributed by atoms with Gasteiger partial charge in [-0.1, -0.05) is 60.4 Å². The van der Waals surface area contributed by atoms with Crippen LogP contribution in [0.3, 0.4) is 0 Å². The molecule has 7 nitrogen and oxygen atoms in total. The Bertz CT molecular complexity index is 2060. The van der Waals surface area contributed by atoms with Gasteiger partial charge in [-0.3, -0.25) is 9.36 Å². The predicted molar refractivity (Wildman–Crippen MR) is 168 cm³/mol. The maximum Gasteiger partial charge on any atom is 0.338 e. The maximum absolute atomic E-state index is 14.0. The third-order valence-corrected chi connectivity index (χ3v) is 8.47. The molecule has 0 radical (unpaired) electrons. The second-order valence-electron chi connectivity index (χ2n) is 10.0. The zero-order valence-electron chi connectivity index (χ0n) is 23.8. The van der Waals surface area contributed by atoms with Gasteiger partial charge in [0.25, 0.3) is 5.56 Å². The first-order valence-electron chi connectivity index (χ1n) is 14.0. The van der Waals surface area contributed by atoms with Gasteiger partial charge in [-0.15, -0.1) is 0 Å². The number of para-hydroxylation sites is 1. The Hall–Kier alpha value is -4.69. The molecule has 3 aromatic carbocycles. The Morgan fingerprint density at radius 3 is 2.55 bits per heavy atom. The van der Waals surface area contributed by atoms with Crippen molar-refractivity contribution in [3.8, 4) is 5.75 Å². The van der Waals surface area contributed by atoms with Crippen molar-refractivity contribution in [1.82, 2.24) is 9.13 Å². The monoisotopic (exact) mass is 577 g/mol. The summed E-state index contributed by atoms with van der Waals surface area (Å²) in [6, 6.07) is 21.4. The van der Waals surface area contributed by atoms with Crippen LogP contribution in [0.2, 0.25) is 0 Å². The Labute approximate surface area is 247 Å². The van der Waals surface area contributed by atoms with Crippen LogP contribution in [0.5, 0.6) is 5.75 Å². The highest BCUT2D eigenvalue weighted by atomic mass is 32.1. The highest BCUT2D eigenvalue weighted by Gasteiger charge is 2.33. The number of allylic oxidation sites excluding steroid dienone is 1. The number of hydrogen-bond acceptors (Lipinski definition) is 6. The van der Waals surface area contributed by atoms with Crippen molar-refractivity contribution in [3.63, 3.8) is 0 Å². The number of fused-ring (bicyclic) bond motifs is 4. The molecule has 5 aromatic rings. The van der Waals surface area contributed by atoms with Gasteiger partial charge in [0.05, 0.1) is 28.5 Å². The molecule has 1 atom stereocenters. The van der Waals surface area contributed by atoms with Crippen LogP contribution < -0.4 is 19.6 Å². The number of nitrogens with zero attached hydrogens (tertiary/aromatic N) is 3. The number of carbonyl (C=O) groups is 1. The first kappa shape index (κ1) is 27.5. The molecule has 3 heterocycles. The van der Waals surface area contributed by atoms with Crippen LogP contribution in [0, 0.1) is 0 Å². The van der Waals surface area contributed by atoms with E-state index in [2.05, 4.69) is 48.4 Å². The minimum atomic E-state index is -0.680. The van der Waals surface area contributed by atoms with E-state index in [1.165, 1.54) is 22.2 Å². The molecule has 0 N–H and O–H groups in total. The molecule has 0 bridgehead atoms. The lowest BCUT2D eigenvalue weighted by atomic mass is 9.96. The van der Waals surface area contributed by atoms with Gasteiger partial charge >= 0.3 is 5.97 Å². The van der Waals surface area contributed by atoms with Gasteiger partial charge in [-0.05, 0) is 68.3 Å². The van der Waals surface area contributed by atoms with Crippen LogP contribution in [0.25, 0.3) is 27.9 Å². The zero-order valence-corrected chi connectivity index (χ0v) is 24.6. The summed E-state index contributed by atoms with van der Waals surface area (Å²) < 4.78 is 15.5. The van der Waals surface area contributed by atoms with Crippen molar-refractivity contribution in [2.45, 2.75) is 33.4 Å². The number of carbonyl (C=O) groups excluding carboxylic acids is 1. The third kappa shape index (κ3) is 4.67. The minimum absolute atomic E-state index is 0.207. The van der Waals surface area contributed by atoms with E-state index in [4.69, 9.17) is 14.5 Å². The molecule has 1 aliphatic rings. The summed E-state index contributed by atoms with van der Waals surface area (Å²) in [5, 5.41) is 2.33. The van der Waals surface area contributed by atoms with Crippen LogP contribution in [0.1, 0.15) is 37.9 Å². The summed E-state index contributed by atoms with van der Waals surface area (Å²) in [5.41, 5.74) is 4.72. The average molecular weight is 578 g/mol. The Morgan fingerprint density at radius 1 is 1.05 bits per heavy atom. The molecule has 0 saturated carbocycles. The van der Waals surface area contributed by atoms with Crippen molar-refractivity contribution in [2.24, 2.45) is 4.99 Å². The molecular formula is C34H31N3O4S. The van der Waals surface area contributed by atoms with E-state index in [-0.39, 0.29) is 12.2 Å². The van der Waals surface area contributed by atoms with Crippen LogP contribution in [-0.2, 0) is 16.1 Å². The molecule has 0 fully saturated rings. The van der Waals surface area contributed by atoms with Crippen molar-refractivity contribution < 1.29 is 14.3 Å². The van der Waals surface area contributed by atoms with E-state index in [9.17, 15) is 9.59 Å². The molecule has 212 valence electrons. The molecule has 0 amide bonds. The second-order valence-corrected chi connectivity index (χ2v) is 11.0. The molecule has 0 spiro atoms. The first-order valence-corrected chi connectivity index (χ1v) is 14.8. The van der Waals surface area contributed by atoms with Gasteiger partial charge in [0.2, 0.25) is 0 Å². The number of thiazole rings is 1. The first-order chi connectivity index (χ1) is 20.4. The average Bonchev–Trinajstić information content (AvgIpc) is 3.48. The highest BCUT2D eigenvalue weighted by Crippen LogP contribution is 2.32. The summed E-state index contributed by atoms with van der Waals surface area (Å²) in [6.45, 7) is 10.9. The number of ether oxygens (including phenoxy) is 2. The minimum Gasteiger partial charge on any atom is -0.490 e. The van der Waals surface area contributed by atoms with Gasteiger partial charge in [0.1, 0.15) is 12.4 Å². The van der Waals surface area contributed by atoms with Gasteiger partial charge in [-0.2, -0.15) is 0 Å². The van der Waals surface area contributed by atoms with Crippen LogP contribution in [0.15, 0.2) is 100 Å². The molecule has 0 saturated heterocycles. The van der Waals surface area contributed by atoms with Crippen LogP contribution in [0.4, 0.5) is 0 Å². The summed E-state index contributed by atoms with van der Waals surface area (Å²) >= 11 is 1.32. The standard InChI is InChI=1S/C34H31N3O4S/c1-5-18-41-24-15-13-23(14-16-24)31-30(33(39)40-7-3)21(4)35-34-37(31)32(38)29(42-34)20-22-12-17-28-26(19-22)25-10-8-9-11-27(25)36(28)6-2/h5,8-17,19-20,31H,1,6-7,18H2,2-4H3/b29-20+/t31-/m0/s1. The number of aromatic nitrogens is 2. The second kappa shape index (κ2) is 11.3. The predicted octanol–water partition coefficient (Wildman–Crippen LogP) is 5.49. The number of benzene rings is 3. The molecule has 6 rings (SSSR count). The van der Waals surface area contributed by atoms with E-state index < -0.39 is 12.0 Å². The number of rotatable bonds is 8. The van der Waals surface area contributed by atoms with E-state index in [1.54, 1.807) is 24.5 Å². The van der Waals surface area contributed by atoms with Crippen molar-refractivity contribution in [1.29, 1.82) is 0 Å². The summed E-state index contributed by atoms with van der Waals surface area (Å²) in [7, 11) is 0. The molecule has 0 unspecified atom stereocenters. The normalized spacial score (nSPS) is 15.1. The molecular weight excluding hydrogens is 546 g/mol. The molecule has 2 aromatic heterocycles. The van der Waals surface area contributed by atoms with E-state index in [0.717, 1.165) is 28.6 Å². The van der Waals surface area contributed by atoms with E-state index in [1.807, 2.05) is 42.5 Å². The van der Waals surface area contributed by atoms with Gasteiger partial charge in [-0.25, -0.2) is 9.79 Å². The molecule has 8 heteroatoms. The lowest BCUT2D eigenvalue weighted by Crippen LogP contribution is -2.39. The number of esters is 1. The van der Waals surface area contributed by atoms with Gasteiger partial charge in [0.15, 0.2) is 4.80 Å². The molecule has 1 aliphatic heterocycles. The Balaban J connectivity index is 1.50. The zero-order chi connectivity index (χ0) is 29.4. The number of hydrogen-bond donors (Lipinski definition) is 0. The fraction of sp³-hybridized carbons (Fsp3) is 0.206. The topological polar surface area (TPSA) is 74.8 Å². The Morgan fingerprint density at radius 2 is 1.81 bits per heavy atom. The Kier molecular flexibility index (Phi) is 7.39. The largest absolute Gasteiger partial charge is 0.490 e. The SMILES string of the molecule is C=CCOc1ccc([C@H]2C(C(=O)OCC)=C(C)N=c3s/c(=C/c4ccc5c(c4)c4ccccc4n5CC)c(=O)n32)cc1. The number of aryl methyl sites for hydroxylation is 1. The summed E-state index contributed by atoms with van der Waals surface area (Å²) in [4.78, 5) is 32.5. The highest BCUT2D eigenvalue weighted by molar-refractivity contribution is 7.07. The lowest BCUT2D eigenvalue weighted by Gasteiger charge is -2.24. The van der Waals surface area contributed by atoms with Crippen LogP contribution >= 0.6 is 11.3 Å². The van der Waals surface area contributed by atoms with Crippen molar-refractivity contribution in [3.05, 3.63) is 121 Å². The lowest BCUT2D eigenvalue weighted by molar-refractivity contribution is -0.139. The van der Waals surface area contributed by atoms with Gasteiger partial charge in [0, 0.05) is 28.4 Å². The fourth-order valence-corrected chi connectivity index (χ4v) is 6.71. The fourth-order valence-electron chi connectivity index (χ4n) is 5.66. The summed E-state index contributed by atoms with van der Waals surface area (Å²) in [5.74, 6) is 0.187. The van der Waals surface area contributed by atoms with Gasteiger partial charge < -0.3 is 14.0 Å². The third-order valence-electron chi connectivity index (χ3n) is 7.49. The van der Waals surface area contributed by atoms with Crippen LogP contribution in [-0.4, -0.2) is 28.3 Å². The van der Waals surface area contributed by atoms with E-state index in [0.29, 0.717) is 33.0 Å².